The molecule has 0 bridgehead atoms. The number of hydrogen-bond acceptors (Lipinski definition) is 6. The number of nitrogens with two attached hydrogens (primary N) is 2. The van der Waals surface area contributed by atoms with E-state index in [1.54, 1.807) is 0 Å². The van der Waals surface area contributed by atoms with Gasteiger partial charge in [-0.15, -0.1) is 0 Å². The lowest BCUT2D eigenvalue weighted by Gasteiger charge is -2.16. The van der Waals surface area contributed by atoms with E-state index in [0.717, 1.165) is 18.6 Å². The Labute approximate surface area is 143 Å². The van der Waals surface area contributed by atoms with Crippen molar-refractivity contribution < 1.29 is 23.9 Å². The molecule has 0 aromatic rings. The molecule has 2 heterocycles. The van der Waals surface area contributed by atoms with Gasteiger partial charge in [0.1, 0.15) is 0 Å². The number of hydrogen-bond donors (Lipinski definition) is 4. The third-order valence-electron chi connectivity index (χ3n) is 4.04. The normalized spacial score (nSPS) is 26.2. The molecule has 10 heteroatoms. The summed E-state index contributed by atoms with van der Waals surface area (Å²) in [6.07, 6.45) is 0.691. The summed E-state index contributed by atoms with van der Waals surface area (Å²) in [4.78, 5) is 44.9. The maximum atomic E-state index is 11.7. The lowest BCUT2D eigenvalue weighted by atomic mass is 10.0. The van der Waals surface area contributed by atoms with Gasteiger partial charge in [-0.25, -0.2) is 4.79 Å². The van der Waals surface area contributed by atoms with Crippen LogP contribution >= 0.6 is 11.8 Å². The number of rotatable bonds is 9. The van der Waals surface area contributed by atoms with Gasteiger partial charge >= 0.3 is 12.0 Å². The molecular weight excluding hydrogens is 336 g/mol. The van der Waals surface area contributed by atoms with Crippen molar-refractivity contribution >= 4 is 35.6 Å². The molecule has 0 radical (unpaired) electrons. The van der Waals surface area contributed by atoms with Crippen LogP contribution in [-0.4, -0.2) is 53.0 Å². The van der Waals surface area contributed by atoms with Crippen molar-refractivity contribution in [3.63, 3.8) is 0 Å². The topological polar surface area (TPSA) is 154 Å². The molecule has 0 aromatic heterocycles. The van der Waals surface area contributed by atoms with E-state index in [1.807, 2.05) is 11.8 Å². The fourth-order valence-corrected chi connectivity index (χ4v) is 4.40. The number of ether oxygens (including phenoxy) is 1. The van der Waals surface area contributed by atoms with E-state index < -0.39 is 30.3 Å². The van der Waals surface area contributed by atoms with E-state index in [1.165, 1.54) is 0 Å². The van der Waals surface area contributed by atoms with E-state index in [9.17, 15) is 19.2 Å². The second kappa shape index (κ2) is 8.22. The van der Waals surface area contributed by atoms with Gasteiger partial charge in [-0.3, -0.25) is 14.4 Å². The third-order valence-corrected chi connectivity index (χ3v) is 5.54. The van der Waals surface area contributed by atoms with E-state index in [4.69, 9.17) is 16.2 Å². The summed E-state index contributed by atoms with van der Waals surface area (Å²) in [5, 5.41) is 6.12. The minimum absolute atomic E-state index is 0.120. The third kappa shape index (κ3) is 5.02. The highest BCUT2D eigenvalue weighted by molar-refractivity contribution is 8.00. The fraction of sp³-hybridized carbons (Fsp3) is 0.714. The zero-order valence-corrected chi connectivity index (χ0v) is 14.0. The van der Waals surface area contributed by atoms with Gasteiger partial charge in [-0.2, -0.15) is 11.8 Å². The van der Waals surface area contributed by atoms with Gasteiger partial charge in [-0.05, 0) is 12.8 Å². The molecule has 134 valence electrons. The van der Waals surface area contributed by atoms with Crippen LogP contribution in [-0.2, 0) is 19.1 Å². The number of esters is 1. The number of carbonyl (C=O) groups excluding carboxylic acids is 4. The number of thioether (sulfide) groups is 1. The van der Waals surface area contributed by atoms with Crippen molar-refractivity contribution in [3.8, 4) is 0 Å². The maximum absolute atomic E-state index is 11.7. The lowest BCUT2D eigenvalue weighted by molar-refractivity contribution is -0.156. The van der Waals surface area contributed by atoms with Crippen LogP contribution < -0.4 is 22.1 Å². The minimum Gasteiger partial charge on any atom is -0.452 e. The fourth-order valence-electron chi connectivity index (χ4n) is 2.86. The molecule has 2 fully saturated rings. The average Bonchev–Trinajstić information content (AvgIpc) is 3.02. The largest absolute Gasteiger partial charge is 0.452 e. The first-order valence-corrected chi connectivity index (χ1v) is 8.87. The summed E-state index contributed by atoms with van der Waals surface area (Å²) in [7, 11) is 0. The van der Waals surface area contributed by atoms with Gasteiger partial charge in [0.2, 0.25) is 5.91 Å². The summed E-state index contributed by atoms with van der Waals surface area (Å²) >= 11 is 1.81. The van der Waals surface area contributed by atoms with Gasteiger partial charge in [0.05, 0.1) is 18.5 Å². The summed E-state index contributed by atoms with van der Waals surface area (Å²) < 4.78 is 4.89. The van der Waals surface area contributed by atoms with Crippen LogP contribution in [0.15, 0.2) is 0 Å². The van der Waals surface area contributed by atoms with Crippen LogP contribution in [0.2, 0.25) is 0 Å². The van der Waals surface area contributed by atoms with Crippen molar-refractivity contribution in [1.82, 2.24) is 10.6 Å². The van der Waals surface area contributed by atoms with Gasteiger partial charge in [-0.1, -0.05) is 6.42 Å². The second-order valence-electron chi connectivity index (χ2n) is 5.92. The highest BCUT2D eigenvalue weighted by Gasteiger charge is 2.42. The SMILES string of the molecule is NC(=O)CC(OC(=O)CCCC[C@@H]1SC[C@@H]2NC(=O)N[C@@H]21)C(N)=O. The number of nitrogens with one attached hydrogen (secondary N) is 2. The van der Waals surface area contributed by atoms with Gasteiger partial charge in [0.25, 0.3) is 5.91 Å². The van der Waals surface area contributed by atoms with Crippen LogP contribution in [0.25, 0.3) is 0 Å². The highest BCUT2D eigenvalue weighted by atomic mass is 32.2. The zero-order valence-electron chi connectivity index (χ0n) is 13.2. The molecule has 4 amide bonds. The summed E-state index contributed by atoms with van der Waals surface area (Å²) in [6.45, 7) is 0. The Hall–Kier alpha value is -1.97. The van der Waals surface area contributed by atoms with Crippen molar-refractivity contribution in [2.75, 3.05) is 5.75 Å². The van der Waals surface area contributed by atoms with E-state index in [-0.39, 0.29) is 24.5 Å². The quantitative estimate of drug-likeness (QED) is 0.235. The van der Waals surface area contributed by atoms with Gasteiger partial charge in [0.15, 0.2) is 6.10 Å². The molecule has 24 heavy (non-hydrogen) atoms. The lowest BCUT2D eigenvalue weighted by Crippen LogP contribution is -2.37. The van der Waals surface area contributed by atoms with Gasteiger partial charge < -0.3 is 26.8 Å². The molecule has 9 nitrogen and oxygen atoms in total. The van der Waals surface area contributed by atoms with E-state index in [2.05, 4.69) is 10.6 Å². The van der Waals surface area contributed by atoms with Crippen molar-refractivity contribution in [2.24, 2.45) is 11.5 Å². The molecular formula is C14H22N4O5S. The number of unbranched alkanes of at least 4 members (excludes halogenated alkanes) is 1. The Balaban J connectivity index is 1.65. The van der Waals surface area contributed by atoms with Crippen LogP contribution in [0, 0.1) is 0 Å². The van der Waals surface area contributed by atoms with E-state index >= 15 is 0 Å². The second-order valence-corrected chi connectivity index (χ2v) is 7.19. The first kappa shape index (κ1) is 18.4. The molecule has 6 N–H and O–H groups in total. The van der Waals surface area contributed by atoms with Crippen molar-refractivity contribution in [3.05, 3.63) is 0 Å². The molecule has 2 aliphatic heterocycles. The first-order valence-electron chi connectivity index (χ1n) is 7.82. The summed E-state index contributed by atoms with van der Waals surface area (Å²) in [6, 6.07) is 0.206. The molecule has 4 atom stereocenters. The minimum atomic E-state index is -1.30. The summed E-state index contributed by atoms with van der Waals surface area (Å²) in [5.74, 6) is -1.33. The Bertz CT molecular complexity index is 529. The molecule has 2 aliphatic rings. The Kier molecular flexibility index (Phi) is 6.29. The van der Waals surface area contributed by atoms with Crippen molar-refractivity contribution in [1.29, 1.82) is 0 Å². The molecule has 0 aliphatic carbocycles. The van der Waals surface area contributed by atoms with Crippen LogP contribution in [0.3, 0.4) is 0 Å². The predicted molar refractivity (Wildman–Crippen MR) is 86.8 cm³/mol. The molecule has 0 saturated carbocycles. The smallest absolute Gasteiger partial charge is 0.315 e. The molecule has 1 unspecified atom stereocenters. The molecule has 0 spiro atoms. The Morgan fingerprint density at radius 2 is 2.00 bits per heavy atom. The van der Waals surface area contributed by atoms with Gasteiger partial charge in [0, 0.05) is 17.4 Å². The standard InChI is InChI=1S/C14H22N4O5S/c15-10(19)5-8(13(16)21)23-11(20)4-2-1-3-9-12-7(6-24-9)17-14(22)18-12/h7-9,12H,1-6H2,(H2,15,19)(H2,16,21)(H2,17,18,22)/t7-,8?,9-,12-/m0/s1. The Morgan fingerprint density at radius 3 is 2.67 bits per heavy atom. The van der Waals surface area contributed by atoms with Crippen LogP contribution in [0.4, 0.5) is 4.79 Å². The van der Waals surface area contributed by atoms with E-state index in [0.29, 0.717) is 11.7 Å². The average molecular weight is 358 g/mol. The maximum Gasteiger partial charge on any atom is 0.315 e. The number of urea groups is 1. The predicted octanol–water partition coefficient (Wildman–Crippen LogP) is -1.02. The number of primary amides is 2. The monoisotopic (exact) mass is 358 g/mol. The zero-order chi connectivity index (χ0) is 17.7. The number of carbonyl (C=O) groups is 4. The Morgan fingerprint density at radius 1 is 1.25 bits per heavy atom. The highest BCUT2D eigenvalue weighted by Crippen LogP contribution is 2.33. The molecule has 0 aromatic carbocycles. The molecule has 2 saturated heterocycles. The van der Waals surface area contributed by atoms with Crippen LogP contribution in [0.5, 0.6) is 0 Å². The molecule has 2 rings (SSSR count). The van der Waals surface area contributed by atoms with Crippen LogP contribution in [0.1, 0.15) is 32.1 Å². The number of amides is 4. The summed E-state index contributed by atoms with van der Waals surface area (Å²) in [5.41, 5.74) is 10.0. The number of fused-ring (bicyclic) bond motifs is 1. The van der Waals surface area contributed by atoms with Crippen molar-refractivity contribution in [2.45, 2.75) is 55.5 Å². The first-order chi connectivity index (χ1) is 11.4.